The van der Waals surface area contributed by atoms with Gasteiger partial charge in [0.25, 0.3) is 0 Å². The number of halogens is 1. The molecule has 0 radical (unpaired) electrons. The third-order valence-electron chi connectivity index (χ3n) is 2.55. The van der Waals surface area contributed by atoms with Crippen molar-refractivity contribution in [2.24, 2.45) is 5.73 Å². The van der Waals surface area contributed by atoms with Crippen molar-refractivity contribution in [2.45, 2.75) is 13.0 Å². The number of hydrogen-bond acceptors (Lipinski definition) is 3. The molecule has 1 heterocycles. The van der Waals surface area contributed by atoms with Crippen molar-refractivity contribution in [1.29, 1.82) is 0 Å². The number of pyridine rings is 1. The van der Waals surface area contributed by atoms with Gasteiger partial charge in [0, 0.05) is 17.4 Å². The maximum absolute atomic E-state index is 6.05. The predicted octanol–water partition coefficient (Wildman–Crippen LogP) is 3.12. The van der Waals surface area contributed by atoms with Crippen LogP contribution in [0.15, 0.2) is 42.7 Å². The molecule has 0 spiro atoms. The Morgan fingerprint density at radius 3 is 2.89 bits per heavy atom. The van der Waals surface area contributed by atoms with Gasteiger partial charge >= 0.3 is 0 Å². The van der Waals surface area contributed by atoms with Gasteiger partial charge in [-0.2, -0.15) is 0 Å². The van der Waals surface area contributed by atoms with E-state index in [1.165, 1.54) is 0 Å². The number of aryl methyl sites for hydroxylation is 1. The molecule has 0 bridgehead atoms. The normalized spacial score (nSPS) is 12.2. The van der Waals surface area contributed by atoms with Crippen molar-refractivity contribution in [3.63, 3.8) is 0 Å². The van der Waals surface area contributed by atoms with Crippen LogP contribution in [0.2, 0.25) is 5.02 Å². The highest BCUT2D eigenvalue weighted by atomic mass is 35.5. The van der Waals surface area contributed by atoms with Gasteiger partial charge in [0.2, 0.25) is 0 Å². The minimum atomic E-state index is -0.198. The van der Waals surface area contributed by atoms with Crippen molar-refractivity contribution in [1.82, 2.24) is 4.98 Å². The first-order valence-electron chi connectivity index (χ1n) is 5.70. The van der Waals surface area contributed by atoms with E-state index in [2.05, 4.69) is 4.98 Å². The monoisotopic (exact) mass is 262 g/mol. The van der Waals surface area contributed by atoms with Crippen LogP contribution in [-0.2, 0) is 0 Å². The van der Waals surface area contributed by atoms with Crippen molar-refractivity contribution < 1.29 is 4.74 Å². The molecule has 0 saturated carbocycles. The summed E-state index contributed by atoms with van der Waals surface area (Å²) < 4.78 is 5.61. The molecule has 1 unspecified atom stereocenters. The summed E-state index contributed by atoms with van der Waals surface area (Å²) in [6, 6.07) is 9.09. The topological polar surface area (TPSA) is 48.1 Å². The lowest BCUT2D eigenvalue weighted by atomic mass is 10.1. The zero-order valence-corrected chi connectivity index (χ0v) is 10.9. The molecule has 0 saturated heterocycles. The van der Waals surface area contributed by atoms with Gasteiger partial charge in [0.1, 0.15) is 12.4 Å². The average Bonchev–Trinajstić information content (AvgIpc) is 2.36. The van der Waals surface area contributed by atoms with Gasteiger partial charge in [-0.15, -0.1) is 0 Å². The Morgan fingerprint density at radius 1 is 1.33 bits per heavy atom. The van der Waals surface area contributed by atoms with Crippen LogP contribution >= 0.6 is 11.6 Å². The maximum Gasteiger partial charge on any atom is 0.120 e. The molecule has 94 valence electrons. The Labute approximate surface area is 112 Å². The van der Waals surface area contributed by atoms with E-state index in [1.54, 1.807) is 24.5 Å². The molecule has 3 nitrogen and oxygen atoms in total. The summed E-state index contributed by atoms with van der Waals surface area (Å²) in [5.41, 5.74) is 8.11. The average molecular weight is 263 g/mol. The van der Waals surface area contributed by atoms with Crippen molar-refractivity contribution >= 4 is 11.6 Å². The molecule has 18 heavy (non-hydrogen) atoms. The molecule has 0 aliphatic heterocycles. The summed E-state index contributed by atoms with van der Waals surface area (Å²) in [5.74, 6) is 0.721. The van der Waals surface area contributed by atoms with E-state index in [9.17, 15) is 0 Å². The molecule has 1 aromatic carbocycles. The van der Waals surface area contributed by atoms with E-state index in [0.717, 1.165) is 16.9 Å². The second-order valence-corrected chi connectivity index (χ2v) is 4.61. The Hall–Kier alpha value is -1.58. The summed E-state index contributed by atoms with van der Waals surface area (Å²) in [5, 5.41) is 0.651. The summed E-state index contributed by atoms with van der Waals surface area (Å²) in [6.07, 6.45) is 3.56. The van der Waals surface area contributed by atoms with E-state index in [1.807, 2.05) is 25.1 Å². The van der Waals surface area contributed by atoms with Gasteiger partial charge in [-0.25, -0.2) is 0 Å². The van der Waals surface area contributed by atoms with E-state index >= 15 is 0 Å². The standard InChI is InChI=1S/C14H15ClN2O/c1-10-5-11(8-17-7-10)14(16)9-18-13-4-2-3-12(15)6-13/h2-8,14H,9,16H2,1H3. The van der Waals surface area contributed by atoms with E-state index in [0.29, 0.717) is 11.6 Å². The van der Waals surface area contributed by atoms with Gasteiger partial charge in [-0.05, 0) is 36.2 Å². The number of benzene rings is 1. The Balaban J connectivity index is 1.98. The van der Waals surface area contributed by atoms with E-state index in [4.69, 9.17) is 22.1 Å². The highest BCUT2D eigenvalue weighted by Crippen LogP contribution is 2.19. The molecule has 0 amide bonds. The molecule has 1 atom stereocenters. The number of ether oxygens (including phenoxy) is 1. The zero-order valence-electron chi connectivity index (χ0n) is 10.1. The van der Waals surface area contributed by atoms with Crippen molar-refractivity contribution in [3.8, 4) is 5.75 Å². The highest BCUT2D eigenvalue weighted by molar-refractivity contribution is 6.30. The lowest BCUT2D eigenvalue weighted by Crippen LogP contribution is -2.19. The summed E-state index contributed by atoms with van der Waals surface area (Å²) in [7, 11) is 0. The van der Waals surface area contributed by atoms with Crippen LogP contribution in [-0.4, -0.2) is 11.6 Å². The third-order valence-corrected chi connectivity index (χ3v) is 2.79. The first kappa shape index (κ1) is 12.9. The molecular formula is C14H15ClN2O. The van der Waals surface area contributed by atoms with Crippen LogP contribution in [0, 0.1) is 6.92 Å². The predicted molar refractivity (Wildman–Crippen MR) is 72.8 cm³/mol. The SMILES string of the molecule is Cc1cncc(C(N)COc2cccc(Cl)c2)c1. The fourth-order valence-electron chi connectivity index (χ4n) is 1.62. The first-order valence-corrected chi connectivity index (χ1v) is 6.08. The summed E-state index contributed by atoms with van der Waals surface area (Å²) >= 11 is 5.88. The van der Waals surface area contributed by atoms with E-state index < -0.39 is 0 Å². The molecule has 2 rings (SSSR count). The second kappa shape index (κ2) is 5.85. The number of rotatable bonds is 4. The molecule has 0 aliphatic carbocycles. The first-order chi connectivity index (χ1) is 8.65. The minimum absolute atomic E-state index is 0.198. The smallest absolute Gasteiger partial charge is 0.120 e. The van der Waals surface area contributed by atoms with Crippen LogP contribution in [0.25, 0.3) is 0 Å². The van der Waals surface area contributed by atoms with Gasteiger partial charge < -0.3 is 10.5 Å². The molecule has 4 heteroatoms. The number of aromatic nitrogens is 1. The summed E-state index contributed by atoms with van der Waals surface area (Å²) in [6.45, 7) is 2.38. The molecule has 0 aliphatic rings. The Morgan fingerprint density at radius 2 is 2.17 bits per heavy atom. The van der Waals surface area contributed by atoms with Crippen LogP contribution in [0.4, 0.5) is 0 Å². The molecule has 0 fully saturated rings. The largest absolute Gasteiger partial charge is 0.492 e. The quantitative estimate of drug-likeness (QED) is 0.921. The molecule has 2 aromatic rings. The zero-order chi connectivity index (χ0) is 13.0. The van der Waals surface area contributed by atoms with Gasteiger partial charge in [0.05, 0.1) is 6.04 Å². The van der Waals surface area contributed by atoms with Crippen LogP contribution in [0.5, 0.6) is 5.75 Å². The number of nitrogens with two attached hydrogens (primary N) is 1. The fraction of sp³-hybridized carbons (Fsp3) is 0.214. The Kier molecular flexibility index (Phi) is 4.18. The Bertz CT molecular complexity index is 531. The number of nitrogens with zero attached hydrogens (tertiary/aromatic N) is 1. The molecular weight excluding hydrogens is 248 g/mol. The highest BCUT2D eigenvalue weighted by Gasteiger charge is 2.07. The third kappa shape index (κ3) is 3.45. The fourth-order valence-corrected chi connectivity index (χ4v) is 1.80. The minimum Gasteiger partial charge on any atom is -0.492 e. The lowest BCUT2D eigenvalue weighted by Gasteiger charge is -2.13. The maximum atomic E-state index is 6.05. The van der Waals surface area contributed by atoms with Gasteiger partial charge in [-0.1, -0.05) is 23.7 Å². The lowest BCUT2D eigenvalue weighted by molar-refractivity contribution is 0.290. The molecule has 2 N–H and O–H groups in total. The van der Waals surface area contributed by atoms with Gasteiger partial charge in [0.15, 0.2) is 0 Å². The number of hydrogen-bond donors (Lipinski definition) is 1. The van der Waals surface area contributed by atoms with E-state index in [-0.39, 0.29) is 6.04 Å². The van der Waals surface area contributed by atoms with Crippen LogP contribution in [0.3, 0.4) is 0 Å². The second-order valence-electron chi connectivity index (χ2n) is 4.17. The van der Waals surface area contributed by atoms with Crippen molar-refractivity contribution in [3.05, 3.63) is 58.9 Å². The van der Waals surface area contributed by atoms with Gasteiger partial charge in [-0.3, -0.25) is 4.98 Å². The summed E-state index contributed by atoms with van der Waals surface area (Å²) in [4.78, 5) is 4.12. The van der Waals surface area contributed by atoms with Crippen LogP contribution in [0.1, 0.15) is 17.2 Å². The van der Waals surface area contributed by atoms with Crippen molar-refractivity contribution in [2.75, 3.05) is 6.61 Å². The molecule has 1 aromatic heterocycles. The van der Waals surface area contributed by atoms with Crippen LogP contribution < -0.4 is 10.5 Å².